The van der Waals surface area contributed by atoms with Crippen LogP contribution in [-0.4, -0.2) is 6.61 Å². The van der Waals surface area contributed by atoms with Gasteiger partial charge in [0.25, 0.3) is 0 Å². The van der Waals surface area contributed by atoms with Crippen LogP contribution in [0.25, 0.3) is 0 Å². The van der Waals surface area contributed by atoms with E-state index < -0.39 is 0 Å². The van der Waals surface area contributed by atoms with Crippen molar-refractivity contribution in [3.05, 3.63) is 48.0 Å². The molecule has 0 aliphatic heterocycles. The minimum Gasteiger partial charge on any atom is -0.373 e. The van der Waals surface area contributed by atoms with Gasteiger partial charge in [-0.25, -0.2) is 0 Å². The van der Waals surface area contributed by atoms with Gasteiger partial charge in [-0.2, -0.15) is 0 Å². The van der Waals surface area contributed by atoms with Gasteiger partial charge < -0.3 is 4.74 Å². The van der Waals surface area contributed by atoms with Crippen LogP contribution in [-0.2, 0) is 16.8 Å². The van der Waals surface area contributed by atoms with E-state index in [4.69, 9.17) is 4.74 Å². The Labute approximate surface area is 118 Å². The van der Waals surface area contributed by atoms with Gasteiger partial charge in [-0.05, 0) is 28.4 Å². The van der Waals surface area contributed by atoms with E-state index in [0.717, 1.165) is 0 Å². The first-order valence-corrected chi connectivity index (χ1v) is 7.03. The van der Waals surface area contributed by atoms with E-state index in [1.165, 1.54) is 17.5 Å². The van der Waals surface area contributed by atoms with Crippen LogP contribution < -0.4 is 0 Å². The normalized spacial score (nSPS) is 12.5. The van der Waals surface area contributed by atoms with Crippen LogP contribution in [0.2, 0.25) is 0 Å². The molecule has 19 heavy (non-hydrogen) atoms. The van der Waals surface area contributed by atoms with Crippen LogP contribution >= 0.6 is 0 Å². The van der Waals surface area contributed by atoms with Crippen LogP contribution in [0.15, 0.2) is 36.9 Å². The van der Waals surface area contributed by atoms with Crippen molar-refractivity contribution in [3.63, 3.8) is 0 Å². The summed E-state index contributed by atoms with van der Waals surface area (Å²) in [6.07, 6.45) is 2.95. The first-order chi connectivity index (χ1) is 8.74. The fourth-order valence-corrected chi connectivity index (χ4v) is 2.74. The van der Waals surface area contributed by atoms with Crippen molar-refractivity contribution in [2.24, 2.45) is 5.41 Å². The maximum Gasteiger partial charge on any atom is 0.0721 e. The van der Waals surface area contributed by atoms with Crippen LogP contribution in [0.5, 0.6) is 0 Å². The van der Waals surface area contributed by atoms with Crippen molar-refractivity contribution < 1.29 is 4.74 Å². The lowest BCUT2D eigenvalue weighted by Crippen LogP contribution is -2.24. The standard InChI is InChI=1S/C18H28O/c1-7-12-19-13-15-8-10-16(11-9-15)18(5,6)14-17(2,3)4/h7-11H,1,12-14H2,2-6H3. The summed E-state index contributed by atoms with van der Waals surface area (Å²) in [6, 6.07) is 8.81. The first kappa shape index (κ1) is 16.0. The van der Waals surface area contributed by atoms with Gasteiger partial charge >= 0.3 is 0 Å². The summed E-state index contributed by atoms with van der Waals surface area (Å²) in [7, 11) is 0. The summed E-state index contributed by atoms with van der Waals surface area (Å²) in [5.74, 6) is 0. The second-order valence-corrected chi connectivity index (χ2v) is 7.12. The monoisotopic (exact) mass is 260 g/mol. The Kier molecular flexibility index (Phi) is 5.37. The molecule has 0 aromatic heterocycles. The lowest BCUT2D eigenvalue weighted by Gasteiger charge is -2.33. The Morgan fingerprint density at radius 1 is 1.05 bits per heavy atom. The van der Waals surface area contributed by atoms with Crippen LogP contribution in [0.1, 0.15) is 52.2 Å². The quantitative estimate of drug-likeness (QED) is 0.510. The predicted molar refractivity (Wildman–Crippen MR) is 83.4 cm³/mol. The smallest absolute Gasteiger partial charge is 0.0721 e. The molecule has 0 bridgehead atoms. The number of rotatable bonds is 6. The SMILES string of the molecule is C=CCOCc1ccc(C(C)(C)CC(C)(C)C)cc1. The topological polar surface area (TPSA) is 9.23 Å². The third-order valence-electron chi connectivity index (χ3n) is 3.21. The molecule has 0 aliphatic rings. The molecule has 1 rings (SSSR count). The molecule has 1 nitrogen and oxygen atoms in total. The van der Waals surface area contributed by atoms with Gasteiger partial charge in [0.15, 0.2) is 0 Å². The molecule has 0 atom stereocenters. The summed E-state index contributed by atoms with van der Waals surface area (Å²) in [5.41, 5.74) is 3.17. The summed E-state index contributed by atoms with van der Waals surface area (Å²) < 4.78 is 5.46. The number of hydrogen-bond acceptors (Lipinski definition) is 1. The van der Waals surface area contributed by atoms with Crippen molar-refractivity contribution in [2.75, 3.05) is 6.61 Å². The highest BCUT2D eigenvalue weighted by Gasteiger charge is 2.26. The Bertz CT molecular complexity index is 393. The Hall–Kier alpha value is -1.08. The maximum absolute atomic E-state index is 5.46. The van der Waals surface area contributed by atoms with E-state index in [1.54, 1.807) is 6.08 Å². The van der Waals surface area contributed by atoms with E-state index in [1.807, 2.05) is 0 Å². The van der Waals surface area contributed by atoms with Crippen molar-refractivity contribution in [3.8, 4) is 0 Å². The van der Waals surface area contributed by atoms with Gasteiger partial charge in [0, 0.05) is 0 Å². The molecule has 1 aromatic carbocycles. The van der Waals surface area contributed by atoms with Crippen LogP contribution in [0.3, 0.4) is 0 Å². The third-order valence-corrected chi connectivity index (χ3v) is 3.21. The molecular weight excluding hydrogens is 232 g/mol. The summed E-state index contributed by atoms with van der Waals surface area (Å²) in [6.45, 7) is 16.4. The van der Waals surface area contributed by atoms with E-state index in [-0.39, 0.29) is 5.41 Å². The number of benzene rings is 1. The minimum atomic E-state index is 0.207. The fraction of sp³-hybridized carbons (Fsp3) is 0.556. The molecule has 106 valence electrons. The molecule has 0 spiro atoms. The van der Waals surface area contributed by atoms with E-state index in [9.17, 15) is 0 Å². The van der Waals surface area contributed by atoms with Crippen molar-refractivity contribution >= 4 is 0 Å². The van der Waals surface area contributed by atoms with Crippen LogP contribution in [0, 0.1) is 5.41 Å². The average Bonchev–Trinajstić information content (AvgIpc) is 2.27. The second kappa shape index (κ2) is 6.38. The molecule has 0 heterocycles. The maximum atomic E-state index is 5.46. The Morgan fingerprint density at radius 2 is 1.63 bits per heavy atom. The van der Waals surface area contributed by atoms with Gasteiger partial charge in [0.05, 0.1) is 13.2 Å². The molecule has 0 saturated carbocycles. The van der Waals surface area contributed by atoms with Gasteiger partial charge in [0.1, 0.15) is 0 Å². The van der Waals surface area contributed by atoms with Crippen molar-refractivity contribution in [1.29, 1.82) is 0 Å². The lowest BCUT2D eigenvalue weighted by molar-refractivity contribution is 0.149. The minimum absolute atomic E-state index is 0.207. The molecular formula is C18H28O. The van der Waals surface area contributed by atoms with Crippen LogP contribution in [0.4, 0.5) is 0 Å². The van der Waals surface area contributed by atoms with Gasteiger partial charge in [-0.15, -0.1) is 6.58 Å². The molecule has 0 aliphatic carbocycles. The second-order valence-electron chi connectivity index (χ2n) is 7.12. The van der Waals surface area contributed by atoms with E-state index in [0.29, 0.717) is 18.6 Å². The van der Waals surface area contributed by atoms with Gasteiger partial charge in [0.2, 0.25) is 0 Å². The zero-order valence-corrected chi connectivity index (χ0v) is 13.1. The largest absolute Gasteiger partial charge is 0.373 e. The Balaban J connectivity index is 2.72. The molecule has 0 saturated heterocycles. The molecule has 0 radical (unpaired) electrons. The molecule has 1 aromatic rings. The molecule has 0 unspecified atom stereocenters. The van der Waals surface area contributed by atoms with Crippen molar-refractivity contribution in [1.82, 2.24) is 0 Å². The summed E-state index contributed by atoms with van der Waals surface area (Å²) in [5, 5.41) is 0. The number of ether oxygens (including phenoxy) is 1. The van der Waals surface area contributed by atoms with E-state index in [2.05, 4.69) is 65.5 Å². The highest BCUT2D eigenvalue weighted by atomic mass is 16.5. The zero-order valence-electron chi connectivity index (χ0n) is 13.1. The van der Waals surface area contributed by atoms with Gasteiger partial charge in [-0.3, -0.25) is 0 Å². The predicted octanol–water partition coefficient (Wildman–Crippen LogP) is 5.10. The van der Waals surface area contributed by atoms with E-state index >= 15 is 0 Å². The average molecular weight is 260 g/mol. The highest BCUT2D eigenvalue weighted by molar-refractivity contribution is 5.28. The zero-order chi connectivity index (χ0) is 14.5. The first-order valence-electron chi connectivity index (χ1n) is 7.03. The molecule has 0 amide bonds. The summed E-state index contributed by atoms with van der Waals surface area (Å²) >= 11 is 0. The van der Waals surface area contributed by atoms with Gasteiger partial charge in [-0.1, -0.05) is 65.0 Å². The summed E-state index contributed by atoms with van der Waals surface area (Å²) in [4.78, 5) is 0. The van der Waals surface area contributed by atoms with Crippen molar-refractivity contribution in [2.45, 2.75) is 53.1 Å². The number of hydrogen-bond donors (Lipinski definition) is 0. The highest BCUT2D eigenvalue weighted by Crippen LogP contribution is 2.36. The molecule has 0 N–H and O–H groups in total. The molecule has 1 heteroatoms. The Morgan fingerprint density at radius 3 is 2.11 bits per heavy atom. The fourth-order valence-electron chi connectivity index (χ4n) is 2.74. The molecule has 0 fully saturated rings. The lowest BCUT2D eigenvalue weighted by atomic mass is 9.72. The third kappa shape index (κ3) is 5.61.